The summed E-state index contributed by atoms with van der Waals surface area (Å²) in [5, 5.41) is 10.9. The van der Waals surface area contributed by atoms with E-state index < -0.39 is 4.92 Å². The topological polar surface area (TPSA) is 89.7 Å². The number of hydrogen-bond acceptors (Lipinski definition) is 6. The maximum Gasteiger partial charge on any atom is 0.293 e. The van der Waals surface area contributed by atoms with E-state index in [1.165, 1.54) is 17.0 Å². The fourth-order valence-corrected chi connectivity index (χ4v) is 5.74. The number of carbonyl (C=O) groups is 2. The summed E-state index contributed by atoms with van der Waals surface area (Å²) in [5.41, 5.74) is 2.16. The number of nitro groups is 1. The van der Waals surface area contributed by atoms with Crippen LogP contribution in [0.5, 0.6) is 5.75 Å². The van der Waals surface area contributed by atoms with Crippen molar-refractivity contribution in [3.05, 3.63) is 106 Å². The van der Waals surface area contributed by atoms with E-state index >= 15 is 0 Å². The average Bonchev–Trinajstić information content (AvgIpc) is 3.07. The first kappa shape index (κ1) is 25.4. The molecule has 1 heterocycles. The van der Waals surface area contributed by atoms with Crippen LogP contribution in [-0.2, 0) is 17.9 Å². The highest BCUT2D eigenvalue weighted by Gasteiger charge is 2.35. The summed E-state index contributed by atoms with van der Waals surface area (Å²) in [6.45, 7) is 0.306. The van der Waals surface area contributed by atoms with E-state index in [0.29, 0.717) is 35.7 Å². The van der Waals surface area contributed by atoms with Crippen LogP contribution in [0.15, 0.2) is 74.5 Å². The number of hydrogen-bond donors (Lipinski definition) is 0. The van der Waals surface area contributed by atoms with Crippen LogP contribution < -0.4 is 4.74 Å². The Morgan fingerprint density at radius 3 is 2.34 bits per heavy atom. The number of thioether (sulfide) groups is 1. The number of nitro benzene ring substituents is 1. The fourth-order valence-electron chi connectivity index (χ4n) is 3.25. The van der Waals surface area contributed by atoms with Gasteiger partial charge < -0.3 is 4.74 Å². The molecule has 0 saturated carbocycles. The molecule has 0 radical (unpaired) electrons. The van der Waals surface area contributed by atoms with Crippen molar-refractivity contribution in [3.63, 3.8) is 0 Å². The number of halogens is 3. The maximum atomic E-state index is 12.9. The highest BCUT2D eigenvalue weighted by molar-refractivity contribution is 9.11. The van der Waals surface area contributed by atoms with Gasteiger partial charge >= 0.3 is 0 Å². The molecule has 2 amide bonds. The normalized spacial score (nSPS) is 14.6. The van der Waals surface area contributed by atoms with Crippen molar-refractivity contribution in [2.45, 2.75) is 13.2 Å². The SMILES string of the molecule is O=C1S/C(=C\c2cc(Br)c(OCc3ccc([N+](=O)[O-])cc3)c(Br)c2)C(=O)N1Cc1ccccc1Cl. The van der Waals surface area contributed by atoms with Gasteiger partial charge in [0.25, 0.3) is 16.8 Å². The molecular weight excluding hydrogens is 624 g/mol. The molecule has 1 fully saturated rings. The van der Waals surface area contributed by atoms with Gasteiger partial charge in [-0.3, -0.25) is 24.6 Å². The first-order valence-corrected chi connectivity index (χ1v) is 12.8. The predicted octanol–water partition coefficient (Wildman–Crippen LogP) is 7.59. The van der Waals surface area contributed by atoms with Crippen LogP contribution in [0, 0.1) is 10.1 Å². The highest BCUT2D eigenvalue weighted by Crippen LogP contribution is 2.38. The molecule has 0 aliphatic carbocycles. The number of amides is 2. The Morgan fingerprint density at radius 1 is 1.06 bits per heavy atom. The monoisotopic (exact) mass is 636 g/mol. The molecule has 0 atom stereocenters. The number of imide groups is 1. The van der Waals surface area contributed by atoms with Gasteiger partial charge in [-0.15, -0.1) is 0 Å². The molecular formula is C24H15Br2ClN2O5S. The minimum Gasteiger partial charge on any atom is -0.487 e. The number of carbonyl (C=O) groups excluding carboxylic acids is 2. The summed E-state index contributed by atoms with van der Waals surface area (Å²) in [5.74, 6) is 0.151. The molecule has 35 heavy (non-hydrogen) atoms. The molecule has 0 unspecified atom stereocenters. The summed E-state index contributed by atoms with van der Waals surface area (Å²) in [7, 11) is 0. The lowest BCUT2D eigenvalue weighted by molar-refractivity contribution is -0.384. The molecule has 11 heteroatoms. The molecule has 178 valence electrons. The summed E-state index contributed by atoms with van der Waals surface area (Å²) in [4.78, 5) is 37.2. The Kier molecular flexibility index (Phi) is 7.95. The standard InChI is InChI=1S/C24H15Br2ClN2O5S/c25-18-9-15(10-19(26)22(18)34-13-14-5-7-17(8-6-14)29(32)33)11-21-23(30)28(24(31)35-21)12-16-3-1-2-4-20(16)27/h1-11H,12-13H2/b21-11-. The third kappa shape index (κ3) is 5.95. The first-order valence-electron chi connectivity index (χ1n) is 10.1. The molecule has 0 spiro atoms. The number of rotatable bonds is 7. The number of non-ortho nitro benzene ring substituents is 1. The van der Waals surface area contributed by atoms with Gasteiger partial charge in [0.1, 0.15) is 12.4 Å². The lowest BCUT2D eigenvalue weighted by Gasteiger charge is -2.13. The van der Waals surface area contributed by atoms with E-state index in [0.717, 1.165) is 17.3 Å². The van der Waals surface area contributed by atoms with E-state index in [1.807, 2.05) is 0 Å². The Morgan fingerprint density at radius 2 is 1.71 bits per heavy atom. The zero-order valence-electron chi connectivity index (χ0n) is 17.7. The van der Waals surface area contributed by atoms with Crippen molar-refractivity contribution >= 4 is 78.1 Å². The third-order valence-electron chi connectivity index (χ3n) is 5.01. The van der Waals surface area contributed by atoms with Gasteiger partial charge in [0.2, 0.25) is 0 Å². The zero-order chi connectivity index (χ0) is 25.1. The number of benzene rings is 3. The van der Waals surface area contributed by atoms with Gasteiger partial charge in [-0.2, -0.15) is 0 Å². The van der Waals surface area contributed by atoms with Gasteiger partial charge in [0, 0.05) is 17.2 Å². The quantitative estimate of drug-likeness (QED) is 0.151. The second-order valence-corrected chi connectivity index (χ2v) is 10.5. The van der Waals surface area contributed by atoms with Crippen molar-refractivity contribution < 1.29 is 19.2 Å². The predicted molar refractivity (Wildman–Crippen MR) is 142 cm³/mol. The number of nitrogens with zero attached hydrogens (tertiary/aromatic N) is 2. The van der Waals surface area contributed by atoms with Gasteiger partial charge in [0.15, 0.2) is 0 Å². The van der Waals surface area contributed by atoms with E-state index in [2.05, 4.69) is 31.9 Å². The average molecular weight is 639 g/mol. The third-order valence-corrected chi connectivity index (χ3v) is 7.46. The van der Waals surface area contributed by atoms with Crippen molar-refractivity contribution in [2.24, 2.45) is 0 Å². The van der Waals surface area contributed by atoms with Crippen molar-refractivity contribution in [1.29, 1.82) is 0 Å². The second kappa shape index (κ2) is 10.9. The van der Waals surface area contributed by atoms with Gasteiger partial charge in [-0.05, 0) is 96.7 Å². The fraction of sp³-hybridized carbons (Fsp3) is 0.0833. The maximum absolute atomic E-state index is 12.9. The van der Waals surface area contributed by atoms with Crippen LogP contribution in [-0.4, -0.2) is 21.0 Å². The lowest BCUT2D eigenvalue weighted by atomic mass is 10.2. The molecule has 1 saturated heterocycles. The van der Waals surface area contributed by atoms with Gasteiger partial charge in [-0.1, -0.05) is 29.8 Å². The Hall–Kier alpha value is -2.66. The van der Waals surface area contributed by atoms with Crippen LogP contribution in [0.4, 0.5) is 10.5 Å². The largest absolute Gasteiger partial charge is 0.487 e. The highest BCUT2D eigenvalue weighted by atomic mass is 79.9. The summed E-state index contributed by atoms with van der Waals surface area (Å²) >= 11 is 14.0. The Balaban J connectivity index is 1.48. The Bertz CT molecular complexity index is 1340. The van der Waals surface area contributed by atoms with Crippen LogP contribution in [0.3, 0.4) is 0 Å². The van der Waals surface area contributed by atoms with E-state index in [-0.39, 0.29) is 30.0 Å². The van der Waals surface area contributed by atoms with Crippen LogP contribution >= 0.6 is 55.2 Å². The van der Waals surface area contributed by atoms with Crippen molar-refractivity contribution in [2.75, 3.05) is 0 Å². The summed E-state index contributed by atoms with van der Waals surface area (Å²) < 4.78 is 7.15. The molecule has 1 aliphatic heterocycles. The van der Waals surface area contributed by atoms with Gasteiger partial charge in [-0.25, -0.2) is 0 Å². The van der Waals surface area contributed by atoms with Crippen molar-refractivity contribution in [1.82, 2.24) is 4.90 Å². The lowest BCUT2D eigenvalue weighted by Crippen LogP contribution is -2.27. The second-order valence-electron chi connectivity index (χ2n) is 7.39. The molecule has 3 aromatic carbocycles. The zero-order valence-corrected chi connectivity index (χ0v) is 22.5. The first-order chi connectivity index (χ1) is 16.7. The minimum absolute atomic E-state index is 0.0109. The molecule has 7 nitrogen and oxygen atoms in total. The molecule has 0 bridgehead atoms. The Labute approximate surface area is 226 Å². The molecule has 3 aromatic rings. The van der Waals surface area contributed by atoms with E-state index in [4.69, 9.17) is 16.3 Å². The summed E-state index contributed by atoms with van der Waals surface area (Å²) in [6, 6.07) is 16.7. The van der Waals surface area contributed by atoms with Crippen LogP contribution in [0.1, 0.15) is 16.7 Å². The van der Waals surface area contributed by atoms with Crippen molar-refractivity contribution in [3.8, 4) is 5.75 Å². The van der Waals surface area contributed by atoms with E-state index in [1.54, 1.807) is 54.6 Å². The van der Waals surface area contributed by atoms with Crippen LogP contribution in [0.25, 0.3) is 6.08 Å². The van der Waals surface area contributed by atoms with E-state index in [9.17, 15) is 19.7 Å². The number of ether oxygens (including phenoxy) is 1. The molecule has 1 aliphatic rings. The minimum atomic E-state index is -0.456. The molecule has 4 rings (SSSR count). The summed E-state index contributed by atoms with van der Waals surface area (Å²) in [6.07, 6.45) is 1.65. The smallest absolute Gasteiger partial charge is 0.293 e. The van der Waals surface area contributed by atoms with Crippen LogP contribution in [0.2, 0.25) is 5.02 Å². The van der Waals surface area contributed by atoms with Gasteiger partial charge in [0.05, 0.1) is 25.3 Å². The molecule has 0 aromatic heterocycles. The molecule has 0 N–H and O–H groups in total.